The van der Waals surface area contributed by atoms with Gasteiger partial charge in [-0.05, 0) is 12.8 Å². The van der Waals surface area contributed by atoms with E-state index in [2.05, 4.69) is 4.98 Å². The van der Waals surface area contributed by atoms with E-state index in [-0.39, 0.29) is 27.8 Å². The van der Waals surface area contributed by atoms with E-state index in [0.29, 0.717) is 35.4 Å². The molecule has 2 N–H and O–H groups in total. The van der Waals surface area contributed by atoms with Gasteiger partial charge in [-0.25, -0.2) is 4.98 Å². The molecule has 1 aromatic rings. The van der Waals surface area contributed by atoms with Crippen LogP contribution in [0.3, 0.4) is 0 Å². The SMILES string of the molecule is Cn1c(SC2=C(Cl)C(=O)CC=C2)cnc(N2CCC3(CC2)COC[C@H]3N)c1=O. The van der Waals surface area contributed by atoms with Crippen LogP contribution in [0.2, 0.25) is 0 Å². The Labute approximate surface area is 172 Å². The van der Waals surface area contributed by atoms with Crippen molar-refractivity contribution in [3.63, 3.8) is 0 Å². The van der Waals surface area contributed by atoms with Gasteiger partial charge in [-0.15, -0.1) is 0 Å². The molecular weight excluding hydrogens is 400 g/mol. The summed E-state index contributed by atoms with van der Waals surface area (Å²) in [6.45, 7) is 2.78. The second-order valence-corrected chi connectivity index (χ2v) is 9.01. The number of carbonyl (C=O) groups excluding carboxylic acids is 1. The summed E-state index contributed by atoms with van der Waals surface area (Å²) >= 11 is 7.40. The molecule has 3 heterocycles. The van der Waals surface area contributed by atoms with Gasteiger partial charge in [0.05, 0.1) is 24.4 Å². The van der Waals surface area contributed by atoms with Crippen LogP contribution in [0.1, 0.15) is 19.3 Å². The number of hydrogen-bond acceptors (Lipinski definition) is 7. The maximum atomic E-state index is 12.9. The highest BCUT2D eigenvalue weighted by Gasteiger charge is 2.44. The van der Waals surface area contributed by atoms with E-state index in [1.807, 2.05) is 11.0 Å². The minimum Gasteiger partial charge on any atom is -0.379 e. The highest BCUT2D eigenvalue weighted by molar-refractivity contribution is 8.03. The quantitative estimate of drug-likeness (QED) is 0.794. The van der Waals surface area contributed by atoms with Gasteiger partial charge in [0.2, 0.25) is 0 Å². The summed E-state index contributed by atoms with van der Waals surface area (Å²) in [5.74, 6) is 0.335. The summed E-state index contributed by atoms with van der Waals surface area (Å²) in [5.41, 5.74) is 6.11. The maximum absolute atomic E-state index is 12.9. The van der Waals surface area contributed by atoms with Crippen molar-refractivity contribution in [1.82, 2.24) is 9.55 Å². The van der Waals surface area contributed by atoms with Gasteiger partial charge in [0, 0.05) is 42.9 Å². The molecule has 1 aliphatic carbocycles. The van der Waals surface area contributed by atoms with Crippen LogP contribution < -0.4 is 16.2 Å². The third kappa shape index (κ3) is 3.43. The van der Waals surface area contributed by atoms with E-state index in [9.17, 15) is 9.59 Å². The predicted molar refractivity (Wildman–Crippen MR) is 110 cm³/mol. The van der Waals surface area contributed by atoms with Crippen molar-refractivity contribution in [3.05, 3.63) is 38.6 Å². The number of ketones is 1. The van der Waals surface area contributed by atoms with Crippen molar-refractivity contribution in [3.8, 4) is 0 Å². The Hall–Kier alpha value is -1.61. The average molecular weight is 423 g/mol. The van der Waals surface area contributed by atoms with Gasteiger partial charge >= 0.3 is 0 Å². The molecule has 0 unspecified atom stereocenters. The van der Waals surface area contributed by atoms with Gasteiger partial charge in [-0.1, -0.05) is 35.5 Å². The lowest BCUT2D eigenvalue weighted by atomic mass is 9.75. The molecule has 9 heteroatoms. The molecule has 28 heavy (non-hydrogen) atoms. The molecule has 0 amide bonds. The number of Topliss-reactive ketones (excluding diaryl/α,β-unsaturated/α-hetero) is 1. The van der Waals surface area contributed by atoms with Gasteiger partial charge < -0.3 is 19.9 Å². The van der Waals surface area contributed by atoms with Crippen molar-refractivity contribution in [1.29, 1.82) is 0 Å². The van der Waals surface area contributed by atoms with Crippen LogP contribution in [0.4, 0.5) is 5.82 Å². The fourth-order valence-corrected chi connectivity index (χ4v) is 5.11. The number of hydrogen-bond donors (Lipinski definition) is 1. The van der Waals surface area contributed by atoms with E-state index >= 15 is 0 Å². The van der Waals surface area contributed by atoms with E-state index in [1.54, 1.807) is 23.9 Å². The standard InChI is InChI=1S/C19H23ClN4O3S/c1-23-15(28-13-4-2-3-12(25)16(13)20)9-22-17(18(23)26)24-7-5-19(6-8-24)11-27-10-14(19)21/h2,4,9,14H,3,5-8,10-11,21H2,1H3/t14-/m1/s1. The Morgan fingerprint density at radius 1 is 1.36 bits per heavy atom. The summed E-state index contributed by atoms with van der Waals surface area (Å²) in [4.78, 5) is 31.8. The second kappa shape index (κ2) is 7.67. The Morgan fingerprint density at radius 3 is 2.79 bits per heavy atom. The first kappa shape index (κ1) is 19.7. The zero-order valence-electron chi connectivity index (χ0n) is 15.7. The number of anilines is 1. The number of rotatable bonds is 3. The van der Waals surface area contributed by atoms with Crippen LogP contribution >= 0.6 is 23.4 Å². The molecule has 7 nitrogen and oxygen atoms in total. The molecule has 4 rings (SSSR count). The van der Waals surface area contributed by atoms with Crippen molar-refractivity contribution >= 4 is 35.0 Å². The molecule has 1 aromatic heterocycles. The number of halogens is 1. The third-order valence-electron chi connectivity index (χ3n) is 5.90. The van der Waals surface area contributed by atoms with E-state index in [4.69, 9.17) is 22.1 Å². The number of aromatic nitrogens is 2. The molecule has 3 aliphatic rings. The van der Waals surface area contributed by atoms with E-state index in [1.165, 1.54) is 11.8 Å². The number of ether oxygens (including phenoxy) is 1. The molecule has 0 radical (unpaired) electrons. The van der Waals surface area contributed by atoms with Crippen LogP contribution in [-0.2, 0) is 16.6 Å². The Bertz CT molecular complexity index is 918. The average Bonchev–Trinajstić information content (AvgIpc) is 3.04. The number of carbonyl (C=O) groups is 1. The van der Waals surface area contributed by atoms with Crippen molar-refractivity contribution < 1.29 is 9.53 Å². The topological polar surface area (TPSA) is 90.4 Å². The normalized spacial score (nSPS) is 24.5. The number of nitrogens with two attached hydrogens (primary N) is 1. The van der Waals surface area contributed by atoms with Gasteiger partial charge in [-0.3, -0.25) is 9.59 Å². The first-order valence-corrected chi connectivity index (χ1v) is 10.5. The minimum absolute atomic E-state index is 0.0284. The molecule has 0 aromatic carbocycles. The molecule has 2 fully saturated rings. The first-order chi connectivity index (χ1) is 13.4. The molecule has 2 aliphatic heterocycles. The molecule has 150 valence electrons. The number of thioether (sulfide) groups is 1. The van der Waals surface area contributed by atoms with Gasteiger partial charge in [0.15, 0.2) is 11.6 Å². The molecule has 0 saturated carbocycles. The predicted octanol–water partition coefficient (Wildman–Crippen LogP) is 1.80. The number of allylic oxidation sites excluding steroid dienone is 3. The monoisotopic (exact) mass is 422 g/mol. The Balaban J connectivity index is 1.52. The van der Waals surface area contributed by atoms with Crippen LogP contribution in [0.15, 0.2) is 38.1 Å². The van der Waals surface area contributed by atoms with Crippen LogP contribution in [-0.4, -0.2) is 47.7 Å². The summed E-state index contributed by atoms with van der Waals surface area (Å²) in [5, 5.41) is 0.849. The zero-order valence-corrected chi connectivity index (χ0v) is 17.3. The number of piperidine rings is 1. The van der Waals surface area contributed by atoms with Crippen LogP contribution in [0, 0.1) is 5.41 Å². The van der Waals surface area contributed by atoms with Gasteiger partial charge in [0.1, 0.15) is 5.03 Å². The zero-order chi connectivity index (χ0) is 19.9. The molecule has 1 spiro atoms. The third-order valence-corrected chi connectivity index (χ3v) is 7.58. The van der Waals surface area contributed by atoms with Crippen molar-refractivity contribution in [2.75, 3.05) is 31.2 Å². The molecule has 1 atom stereocenters. The van der Waals surface area contributed by atoms with Crippen molar-refractivity contribution in [2.24, 2.45) is 18.2 Å². The Kier molecular flexibility index (Phi) is 5.39. The molecule has 2 saturated heterocycles. The van der Waals surface area contributed by atoms with E-state index in [0.717, 1.165) is 25.9 Å². The maximum Gasteiger partial charge on any atom is 0.294 e. The smallest absolute Gasteiger partial charge is 0.294 e. The van der Waals surface area contributed by atoms with E-state index < -0.39 is 0 Å². The molecule has 0 bridgehead atoms. The highest BCUT2D eigenvalue weighted by atomic mass is 35.5. The van der Waals surface area contributed by atoms with Crippen molar-refractivity contribution in [2.45, 2.75) is 30.3 Å². The molecular formula is C19H23ClN4O3S. The lowest BCUT2D eigenvalue weighted by Crippen LogP contribution is -2.50. The number of nitrogens with zero attached hydrogens (tertiary/aromatic N) is 3. The van der Waals surface area contributed by atoms with Crippen LogP contribution in [0.25, 0.3) is 0 Å². The fourth-order valence-electron chi connectivity index (χ4n) is 3.94. The lowest BCUT2D eigenvalue weighted by Gasteiger charge is -2.40. The summed E-state index contributed by atoms with van der Waals surface area (Å²) in [6.07, 6.45) is 7.35. The first-order valence-electron chi connectivity index (χ1n) is 9.33. The van der Waals surface area contributed by atoms with Gasteiger partial charge in [-0.2, -0.15) is 0 Å². The Morgan fingerprint density at radius 2 is 2.11 bits per heavy atom. The van der Waals surface area contributed by atoms with Crippen LogP contribution in [0.5, 0.6) is 0 Å². The summed E-state index contributed by atoms with van der Waals surface area (Å²) in [6, 6.07) is 0.0634. The highest BCUT2D eigenvalue weighted by Crippen LogP contribution is 2.39. The van der Waals surface area contributed by atoms with Gasteiger partial charge in [0.25, 0.3) is 5.56 Å². The minimum atomic E-state index is -0.157. The fraction of sp³-hybridized carbons (Fsp3) is 0.526. The summed E-state index contributed by atoms with van der Waals surface area (Å²) < 4.78 is 7.13. The largest absolute Gasteiger partial charge is 0.379 e. The lowest BCUT2D eigenvalue weighted by molar-refractivity contribution is -0.114. The summed E-state index contributed by atoms with van der Waals surface area (Å²) in [7, 11) is 1.71. The second-order valence-electron chi connectivity index (χ2n) is 7.57.